The number of aliphatic imine (C=N–C) groups is 1. The zero-order valence-electron chi connectivity index (χ0n) is 12.4. The lowest BCUT2D eigenvalue weighted by Crippen LogP contribution is -2.39. The Balaban J connectivity index is 1.70. The third kappa shape index (κ3) is 2.85. The fourth-order valence-electron chi connectivity index (χ4n) is 2.87. The van der Waals surface area contributed by atoms with Crippen molar-refractivity contribution < 1.29 is 14.5 Å². The van der Waals surface area contributed by atoms with Crippen LogP contribution in [0.2, 0.25) is 0 Å². The summed E-state index contributed by atoms with van der Waals surface area (Å²) >= 11 is 0. The van der Waals surface area contributed by atoms with Crippen molar-refractivity contribution in [2.75, 3.05) is 13.8 Å². The van der Waals surface area contributed by atoms with Gasteiger partial charge in [-0.05, 0) is 54.2 Å². The van der Waals surface area contributed by atoms with E-state index in [-0.39, 0.29) is 18.7 Å². The van der Waals surface area contributed by atoms with Gasteiger partial charge in [-0.15, -0.1) is 0 Å². The lowest BCUT2D eigenvalue weighted by atomic mass is 9.92. The van der Waals surface area contributed by atoms with Crippen LogP contribution in [0.1, 0.15) is 36.0 Å². The van der Waals surface area contributed by atoms with Crippen LogP contribution in [0.3, 0.4) is 0 Å². The van der Waals surface area contributed by atoms with Crippen LogP contribution >= 0.6 is 0 Å². The predicted molar refractivity (Wildman–Crippen MR) is 80.7 cm³/mol. The molecule has 1 saturated carbocycles. The van der Waals surface area contributed by atoms with Crippen molar-refractivity contribution in [1.82, 2.24) is 15.2 Å². The summed E-state index contributed by atoms with van der Waals surface area (Å²) in [7, 11) is 1.83. The Hall–Kier alpha value is -2.28. The first kappa shape index (κ1) is 14.6. The van der Waals surface area contributed by atoms with Crippen LogP contribution in [0, 0.1) is 0 Å². The predicted octanol–water partition coefficient (Wildman–Crippen LogP) is 1.63. The molecule has 1 aromatic carbocycles. The third-order valence-corrected chi connectivity index (χ3v) is 4.20. The van der Waals surface area contributed by atoms with Crippen LogP contribution < -0.4 is 0 Å². The Morgan fingerprint density at radius 3 is 2.82 bits per heavy atom. The van der Waals surface area contributed by atoms with Crippen molar-refractivity contribution in [2.45, 2.75) is 31.7 Å². The largest absolute Gasteiger partial charge is 0.375 e. The lowest BCUT2D eigenvalue weighted by Gasteiger charge is -2.32. The molecule has 0 spiro atoms. The summed E-state index contributed by atoms with van der Waals surface area (Å²) in [6, 6.07) is 5.37. The number of hydrogen-bond donors (Lipinski definition) is 1. The Morgan fingerprint density at radius 2 is 2.09 bits per heavy atom. The topological polar surface area (TPSA) is 91.8 Å². The molecule has 1 N–H and O–H groups in total. The first-order valence-electron chi connectivity index (χ1n) is 7.31. The molecule has 1 aliphatic carbocycles. The number of nitrogens with zero attached hydrogens (tertiary/aromatic N) is 4. The molecular formula is C15H18N4O3. The summed E-state index contributed by atoms with van der Waals surface area (Å²) in [6.45, 7) is -0.152. The van der Waals surface area contributed by atoms with Crippen LogP contribution in [0.25, 0.3) is 11.0 Å². The van der Waals surface area contributed by atoms with Crippen LogP contribution in [-0.2, 0) is 0 Å². The van der Waals surface area contributed by atoms with E-state index in [2.05, 4.69) is 19.9 Å². The second-order valence-corrected chi connectivity index (χ2v) is 5.48. The maximum Gasteiger partial charge on any atom is 0.253 e. The second kappa shape index (κ2) is 6.23. The summed E-state index contributed by atoms with van der Waals surface area (Å²) in [5, 5.41) is 16.3. The average molecular weight is 302 g/mol. The van der Waals surface area contributed by atoms with Gasteiger partial charge in [0.2, 0.25) is 0 Å². The number of carbonyl (C=O) groups excluding carboxylic acids is 1. The van der Waals surface area contributed by atoms with Gasteiger partial charge in [0.15, 0.2) is 0 Å². The van der Waals surface area contributed by atoms with E-state index in [1.807, 2.05) is 7.05 Å². The number of amides is 1. The van der Waals surface area contributed by atoms with Crippen molar-refractivity contribution in [3.63, 3.8) is 0 Å². The molecule has 0 aliphatic heterocycles. The normalized spacial score (nSPS) is 18.5. The molecule has 116 valence electrons. The number of aliphatic hydroxyl groups is 1. The number of carbonyl (C=O) groups is 1. The molecule has 7 heteroatoms. The molecule has 0 bridgehead atoms. The number of hydrogen-bond acceptors (Lipinski definition) is 6. The number of rotatable bonds is 3. The quantitative estimate of drug-likeness (QED) is 0.930. The molecule has 0 unspecified atom stereocenters. The van der Waals surface area contributed by atoms with Gasteiger partial charge in [-0.25, -0.2) is 4.63 Å². The maximum atomic E-state index is 12.6. The van der Waals surface area contributed by atoms with E-state index >= 15 is 0 Å². The number of benzene rings is 1. The molecule has 2 aromatic rings. The van der Waals surface area contributed by atoms with Crippen molar-refractivity contribution in [2.24, 2.45) is 4.99 Å². The van der Waals surface area contributed by atoms with Crippen LogP contribution in [-0.4, -0.2) is 51.8 Å². The monoisotopic (exact) mass is 302 g/mol. The smallest absolute Gasteiger partial charge is 0.253 e. The number of aromatic nitrogens is 2. The molecule has 0 atom stereocenters. The summed E-state index contributed by atoms with van der Waals surface area (Å²) in [4.78, 5) is 18.4. The highest BCUT2D eigenvalue weighted by molar-refractivity contribution is 5.97. The van der Waals surface area contributed by atoms with Crippen molar-refractivity contribution in [1.29, 1.82) is 0 Å². The van der Waals surface area contributed by atoms with Crippen molar-refractivity contribution in [3.05, 3.63) is 23.8 Å². The molecule has 3 rings (SSSR count). The van der Waals surface area contributed by atoms with E-state index in [4.69, 9.17) is 5.11 Å². The molecule has 0 radical (unpaired) electrons. The standard InChI is InChI=1S/C15H18N4O3/c1-19(12-5-3-11(4-6-12)16-9-20)15(21)10-2-7-13-14(8-10)18-22-17-13/h2,7-8,12,20H,3-6,9H2,1H3. The lowest BCUT2D eigenvalue weighted by molar-refractivity contribution is 0.0713. The molecule has 1 aromatic heterocycles. The van der Waals surface area contributed by atoms with Gasteiger partial charge < -0.3 is 10.0 Å². The van der Waals surface area contributed by atoms with Gasteiger partial charge in [-0.2, -0.15) is 0 Å². The molecule has 1 aliphatic rings. The van der Waals surface area contributed by atoms with Gasteiger partial charge >= 0.3 is 0 Å². The highest BCUT2D eigenvalue weighted by Gasteiger charge is 2.25. The Labute approximate surface area is 127 Å². The number of fused-ring (bicyclic) bond motifs is 1. The summed E-state index contributed by atoms with van der Waals surface area (Å²) < 4.78 is 4.65. The fourth-order valence-corrected chi connectivity index (χ4v) is 2.87. The second-order valence-electron chi connectivity index (χ2n) is 5.48. The van der Waals surface area contributed by atoms with Gasteiger partial charge in [0.05, 0.1) is 0 Å². The minimum atomic E-state index is -0.152. The molecule has 22 heavy (non-hydrogen) atoms. The molecule has 1 amide bonds. The van der Waals surface area contributed by atoms with E-state index in [0.29, 0.717) is 16.6 Å². The molecular weight excluding hydrogens is 284 g/mol. The van der Waals surface area contributed by atoms with E-state index < -0.39 is 0 Å². The zero-order valence-corrected chi connectivity index (χ0v) is 12.4. The molecule has 1 heterocycles. The zero-order chi connectivity index (χ0) is 15.5. The maximum absolute atomic E-state index is 12.6. The van der Waals surface area contributed by atoms with Crippen LogP contribution in [0.4, 0.5) is 0 Å². The fraction of sp³-hybridized carbons (Fsp3) is 0.467. The summed E-state index contributed by atoms with van der Waals surface area (Å²) in [5.74, 6) is -0.0301. The van der Waals surface area contributed by atoms with E-state index in [9.17, 15) is 4.79 Å². The Morgan fingerprint density at radius 1 is 1.36 bits per heavy atom. The van der Waals surface area contributed by atoms with Crippen LogP contribution in [0.15, 0.2) is 27.8 Å². The molecule has 7 nitrogen and oxygen atoms in total. The highest BCUT2D eigenvalue weighted by atomic mass is 16.6. The van der Waals surface area contributed by atoms with Crippen LogP contribution in [0.5, 0.6) is 0 Å². The van der Waals surface area contributed by atoms with Crippen molar-refractivity contribution >= 4 is 22.7 Å². The Kier molecular flexibility index (Phi) is 4.15. The number of aliphatic hydroxyl groups excluding tert-OH is 1. The van der Waals surface area contributed by atoms with E-state index in [1.54, 1.807) is 23.1 Å². The molecule has 0 saturated heterocycles. The van der Waals surface area contributed by atoms with E-state index in [1.165, 1.54) is 0 Å². The molecule has 1 fully saturated rings. The Bertz CT molecular complexity index is 700. The first-order valence-corrected chi connectivity index (χ1v) is 7.31. The van der Waals surface area contributed by atoms with Gasteiger partial charge in [0, 0.05) is 24.4 Å². The minimum Gasteiger partial charge on any atom is -0.375 e. The first-order chi connectivity index (χ1) is 10.7. The third-order valence-electron chi connectivity index (χ3n) is 4.20. The minimum absolute atomic E-state index is 0.0301. The SMILES string of the molecule is CN(C(=O)c1ccc2nonc2c1)C1CCC(=NCO)CC1. The van der Waals surface area contributed by atoms with Gasteiger partial charge in [-0.1, -0.05) is 0 Å². The highest BCUT2D eigenvalue weighted by Crippen LogP contribution is 2.22. The summed E-state index contributed by atoms with van der Waals surface area (Å²) in [6.07, 6.45) is 3.40. The van der Waals surface area contributed by atoms with E-state index in [0.717, 1.165) is 31.4 Å². The van der Waals surface area contributed by atoms with Gasteiger partial charge in [0.25, 0.3) is 5.91 Å². The average Bonchev–Trinajstić information content (AvgIpc) is 3.02. The van der Waals surface area contributed by atoms with Crippen molar-refractivity contribution in [3.8, 4) is 0 Å². The van der Waals surface area contributed by atoms with Gasteiger partial charge in [0.1, 0.15) is 17.8 Å². The summed E-state index contributed by atoms with van der Waals surface area (Å²) in [5.41, 5.74) is 2.84. The van der Waals surface area contributed by atoms with Gasteiger partial charge in [-0.3, -0.25) is 9.79 Å².